The molecule has 0 aliphatic heterocycles. The SMILES string of the molecule is COC(=O)c1coc(CN(C(=O)NC2CCCCC2)C(C)(C)C)n1. The van der Waals surface area contributed by atoms with Crippen LogP contribution in [0.2, 0.25) is 0 Å². The highest BCUT2D eigenvalue weighted by Crippen LogP contribution is 2.21. The van der Waals surface area contributed by atoms with Crippen molar-refractivity contribution in [2.75, 3.05) is 7.11 Å². The lowest BCUT2D eigenvalue weighted by Crippen LogP contribution is -2.52. The average molecular weight is 337 g/mol. The van der Waals surface area contributed by atoms with Crippen molar-refractivity contribution in [2.24, 2.45) is 0 Å². The fourth-order valence-corrected chi connectivity index (χ4v) is 2.83. The number of nitrogens with zero attached hydrogens (tertiary/aromatic N) is 2. The maximum absolute atomic E-state index is 12.7. The lowest BCUT2D eigenvalue weighted by atomic mass is 9.95. The standard InChI is InChI=1S/C17H27N3O4/c1-17(2,3)20(16(22)18-12-8-6-5-7-9-12)10-14-19-13(11-24-14)15(21)23-4/h11-12H,5-10H2,1-4H3,(H,18,22). The van der Waals surface area contributed by atoms with Crippen LogP contribution >= 0.6 is 0 Å². The van der Waals surface area contributed by atoms with Gasteiger partial charge in [-0.25, -0.2) is 14.6 Å². The number of methoxy groups -OCH3 is 1. The van der Waals surface area contributed by atoms with Crippen molar-refractivity contribution in [1.82, 2.24) is 15.2 Å². The lowest BCUT2D eigenvalue weighted by molar-refractivity contribution is 0.0594. The number of rotatable bonds is 4. The summed E-state index contributed by atoms with van der Waals surface area (Å²) in [4.78, 5) is 30.0. The molecular weight excluding hydrogens is 310 g/mol. The third-order valence-electron chi connectivity index (χ3n) is 4.23. The molecule has 0 unspecified atom stereocenters. The number of hydrogen-bond acceptors (Lipinski definition) is 5. The predicted molar refractivity (Wildman–Crippen MR) is 88.5 cm³/mol. The molecule has 7 nitrogen and oxygen atoms in total. The van der Waals surface area contributed by atoms with Gasteiger partial charge in [0.15, 0.2) is 5.69 Å². The topological polar surface area (TPSA) is 84.7 Å². The predicted octanol–water partition coefficient (Wildman–Crippen LogP) is 3.10. The first-order valence-corrected chi connectivity index (χ1v) is 8.42. The highest BCUT2D eigenvalue weighted by atomic mass is 16.5. The average Bonchev–Trinajstić information content (AvgIpc) is 3.00. The number of amides is 2. The number of carbonyl (C=O) groups is 2. The molecule has 1 aromatic rings. The van der Waals surface area contributed by atoms with E-state index in [1.54, 1.807) is 4.90 Å². The minimum Gasteiger partial charge on any atom is -0.464 e. The monoisotopic (exact) mass is 337 g/mol. The summed E-state index contributed by atoms with van der Waals surface area (Å²) in [5.41, 5.74) is -0.299. The molecule has 1 aromatic heterocycles. The number of nitrogens with one attached hydrogen (secondary N) is 1. The zero-order chi connectivity index (χ0) is 17.7. The van der Waals surface area contributed by atoms with Crippen molar-refractivity contribution in [3.05, 3.63) is 17.8 Å². The van der Waals surface area contributed by atoms with Crippen LogP contribution in [-0.4, -0.2) is 40.6 Å². The molecular formula is C17H27N3O4. The van der Waals surface area contributed by atoms with Gasteiger partial charge in [-0.3, -0.25) is 0 Å². The maximum atomic E-state index is 12.7. The molecule has 7 heteroatoms. The molecule has 1 fully saturated rings. The molecule has 1 aliphatic rings. The van der Waals surface area contributed by atoms with E-state index in [0.717, 1.165) is 25.7 Å². The van der Waals surface area contributed by atoms with E-state index in [4.69, 9.17) is 4.42 Å². The van der Waals surface area contributed by atoms with Gasteiger partial charge in [-0.2, -0.15) is 0 Å². The van der Waals surface area contributed by atoms with Crippen LogP contribution < -0.4 is 5.32 Å². The van der Waals surface area contributed by atoms with E-state index in [1.807, 2.05) is 20.8 Å². The Morgan fingerprint density at radius 2 is 2.00 bits per heavy atom. The second-order valence-corrected chi connectivity index (χ2v) is 7.16. The van der Waals surface area contributed by atoms with Crippen LogP contribution in [0, 0.1) is 0 Å². The van der Waals surface area contributed by atoms with Gasteiger partial charge in [0.25, 0.3) is 0 Å². The first kappa shape index (κ1) is 18.3. The smallest absolute Gasteiger partial charge is 0.360 e. The zero-order valence-corrected chi connectivity index (χ0v) is 14.9. The summed E-state index contributed by atoms with van der Waals surface area (Å²) in [6.07, 6.45) is 6.85. The van der Waals surface area contributed by atoms with Gasteiger partial charge in [-0.05, 0) is 33.6 Å². The number of esters is 1. The second kappa shape index (κ2) is 7.68. The fourth-order valence-electron chi connectivity index (χ4n) is 2.83. The molecule has 24 heavy (non-hydrogen) atoms. The van der Waals surface area contributed by atoms with Crippen molar-refractivity contribution in [3.8, 4) is 0 Å². The van der Waals surface area contributed by atoms with Crippen molar-refractivity contribution in [3.63, 3.8) is 0 Å². The van der Waals surface area contributed by atoms with Crippen LogP contribution in [0.15, 0.2) is 10.7 Å². The van der Waals surface area contributed by atoms with E-state index in [1.165, 1.54) is 19.8 Å². The summed E-state index contributed by atoms with van der Waals surface area (Å²) in [5, 5.41) is 3.11. The number of carbonyl (C=O) groups excluding carboxylic acids is 2. The van der Waals surface area contributed by atoms with Crippen LogP contribution in [0.25, 0.3) is 0 Å². The summed E-state index contributed by atoms with van der Waals surface area (Å²) >= 11 is 0. The first-order chi connectivity index (χ1) is 11.3. The Labute approximate surface area is 142 Å². The van der Waals surface area contributed by atoms with Crippen molar-refractivity contribution < 1.29 is 18.7 Å². The minimum atomic E-state index is -0.557. The Balaban J connectivity index is 2.06. The number of ether oxygens (including phenoxy) is 1. The number of oxazole rings is 1. The highest BCUT2D eigenvalue weighted by Gasteiger charge is 2.30. The minimum absolute atomic E-state index is 0.106. The van der Waals surface area contributed by atoms with E-state index in [9.17, 15) is 9.59 Å². The maximum Gasteiger partial charge on any atom is 0.360 e. The van der Waals surface area contributed by atoms with Gasteiger partial charge in [-0.1, -0.05) is 19.3 Å². The Kier molecular flexibility index (Phi) is 5.85. The van der Waals surface area contributed by atoms with E-state index < -0.39 is 11.5 Å². The third-order valence-corrected chi connectivity index (χ3v) is 4.23. The van der Waals surface area contributed by atoms with Gasteiger partial charge < -0.3 is 19.4 Å². The molecule has 2 rings (SSSR count). The Morgan fingerprint density at radius 3 is 2.58 bits per heavy atom. The Bertz CT molecular complexity index is 571. The number of aromatic nitrogens is 1. The molecule has 2 amide bonds. The van der Waals surface area contributed by atoms with Crippen LogP contribution in [-0.2, 0) is 11.3 Å². The van der Waals surface area contributed by atoms with Crippen LogP contribution in [0.5, 0.6) is 0 Å². The summed E-state index contributed by atoms with van der Waals surface area (Å²) in [6.45, 7) is 6.06. The van der Waals surface area contributed by atoms with E-state index in [0.29, 0.717) is 5.89 Å². The summed E-state index contributed by atoms with van der Waals surface area (Å²) < 4.78 is 9.94. The first-order valence-electron chi connectivity index (χ1n) is 8.42. The highest BCUT2D eigenvalue weighted by molar-refractivity contribution is 5.86. The molecule has 0 spiro atoms. The van der Waals surface area contributed by atoms with Gasteiger partial charge in [0, 0.05) is 11.6 Å². The van der Waals surface area contributed by atoms with Crippen molar-refractivity contribution >= 4 is 12.0 Å². The van der Waals surface area contributed by atoms with Gasteiger partial charge in [0.05, 0.1) is 13.7 Å². The normalized spacial score (nSPS) is 15.8. The molecule has 1 aliphatic carbocycles. The number of urea groups is 1. The van der Waals surface area contributed by atoms with Crippen molar-refractivity contribution in [1.29, 1.82) is 0 Å². The molecule has 0 radical (unpaired) electrons. The van der Waals surface area contributed by atoms with Gasteiger partial charge in [0.2, 0.25) is 5.89 Å². The fraction of sp³-hybridized carbons (Fsp3) is 0.706. The largest absolute Gasteiger partial charge is 0.464 e. The van der Waals surface area contributed by atoms with Gasteiger partial charge in [0.1, 0.15) is 6.26 Å². The summed E-state index contributed by atoms with van der Waals surface area (Å²) in [5.74, 6) is -0.247. The van der Waals surface area contributed by atoms with E-state index in [2.05, 4.69) is 15.0 Å². The van der Waals surface area contributed by atoms with Crippen LogP contribution in [0.4, 0.5) is 4.79 Å². The van der Waals surface area contributed by atoms with Crippen LogP contribution in [0.1, 0.15) is 69.3 Å². The Morgan fingerprint density at radius 1 is 1.33 bits per heavy atom. The lowest BCUT2D eigenvalue weighted by Gasteiger charge is -2.36. The molecule has 0 saturated heterocycles. The van der Waals surface area contributed by atoms with E-state index in [-0.39, 0.29) is 24.3 Å². The van der Waals surface area contributed by atoms with E-state index >= 15 is 0 Å². The molecule has 134 valence electrons. The molecule has 0 aromatic carbocycles. The number of hydrogen-bond donors (Lipinski definition) is 1. The molecule has 1 heterocycles. The summed E-state index contributed by atoms with van der Waals surface area (Å²) in [7, 11) is 1.29. The molecule has 1 N–H and O–H groups in total. The van der Waals surface area contributed by atoms with Gasteiger partial charge in [-0.15, -0.1) is 0 Å². The second-order valence-electron chi connectivity index (χ2n) is 7.16. The van der Waals surface area contributed by atoms with Gasteiger partial charge >= 0.3 is 12.0 Å². The quantitative estimate of drug-likeness (QED) is 0.853. The summed E-state index contributed by atoms with van der Waals surface area (Å²) in [6, 6.07) is 0.0958. The zero-order valence-electron chi connectivity index (χ0n) is 14.9. The molecule has 0 bridgehead atoms. The molecule has 0 atom stereocenters. The van der Waals surface area contributed by atoms with Crippen molar-refractivity contribution in [2.45, 2.75) is 71.0 Å². The molecule has 1 saturated carbocycles. The van der Waals surface area contributed by atoms with Crippen LogP contribution in [0.3, 0.4) is 0 Å². The Hall–Kier alpha value is -2.05. The third kappa shape index (κ3) is 4.72.